The molecule has 1 aromatic carbocycles. The number of nitrogens with zero attached hydrogens (tertiary/aromatic N) is 2. The maximum absolute atomic E-state index is 13.5. The van der Waals surface area contributed by atoms with Crippen LogP contribution >= 0.6 is 0 Å². The van der Waals surface area contributed by atoms with Gasteiger partial charge in [-0.3, -0.25) is 9.69 Å². The Labute approximate surface area is 117 Å². The van der Waals surface area contributed by atoms with Crippen molar-refractivity contribution in [1.29, 1.82) is 0 Å². The zero-order valence-corrected chi connectivity index (χ0v) is 11.3. The molecule has 5 nitrogen and oxygen atoms in total. The van der Waals surface area contributed by atoms with Gasteiger partial charge in [0.05, 0.1) is 0 Å². The lowest BCUT2D eigenvalue weighted by atomic mass is 10.0. The van der Waals surface area contributed by atoms with E-state index in [9.17, 15) is 14.4 Å². The number of benzene rings is 1. The first-order valence-corrected chi connectivity index (χ1v) is 6.75. The van der Waals surface area contributed by atoms with Gasteiger partial charge in [0.25, 0.3) is 0 Å². The minimum atomic E-state index is -0.946. The van der Waals surface area contributed by atoms with Gasteiger partial charge in [-0.05, 0) is 12.0 Å². The molecule has 3 N–H and O–H groups in total. The van der Waals surface area contributed by atoms with Gasteiger partial charge in [-0.25, -0.2) is 0 Å². The summed E-state index contributed by atoms with van der Waals surface area (Å²) in [6, 6.07) is 8.77. The van der Waals surface area contributed by atoms with Crippen LogP contribution in [0.15, 0.2) is 30.3 Å². The summed E-state index contributed by atoms with van der Waals surface area (Å²) in [4.78, 5) is 13.1. The van der Waals surface area contributed by atoms with Gasteiger partial charge < -0.3 is 10.8 Å². The third-order valence-corrected chi connectivity index (χ3v) is 3.70. The zero-order valence-electron chi connectivity index (χ0n) is 11.3. The van der Waals surface area contributed by atoms with E-state index in [1.807, 2.05) is 35.2 Å². The Kier molecular flexibility index (Phi) is 5.05. The topological polar surface area (TPSA) is 69.8 Å². The lowest BCUT2D eigenvalue weighted by molar-refractivity contribution is -0.147. The molecule has 0 spiro atoms. The summed E-state index contributed by atoms with van der Waals surface area (Å²) >= 11 is 0. The number of rotatable bonds is 5. The highest BCUT2D eigenvalue weighted by Crippen LogP contribution is 2.18. The molecule has 0 bridgehead atoms. The molecule has 1 aliphatic rings. The number of nitrogens with two attached hydrogens (primary N) is 1. The van der Waals surface area contributed by atoms with Crippen LogP contribution in [0.3, 0.4) is 0 Å². The molecule has 0 saturated carbocycles. The fraction of sp³-hybridized carbons (Fsp3) is 0.500. The van der Waals surface area contributed by atoms with Crippen LogP contribution < -0.4 is 5.73 Å². The molecule has 1 saturated heterocycles. The summed E-state index contributed by atoms with van der Waals surface area (Å²) in [5, 5.41) is 10.00. The van der Waals surface area contributed by atoms with Crippen LogP contribution in [0.1, 0.15) is 5.56 Å². The Morgan fingerprint density at radius 3 is 2.70 bits per heavy atom. The number of carboxylic acids is 1. The standard InChI is InChI=1S/C14H20FN3O2/c15-17-6-7-18(13(9-16)14(19)20)12(10-17)8-11-4-2-1-3-5-11/h1-5,12-13H,6-10,16H2,(H,19,20). The maximum Gasteiger partial charge on any atom is 0.322 e. The molecule has 2 unspecified atom stereocenters. The quantitative estimate of drug-likeness (QED) is 0.770. The SMILES string of the molecule is NCC(C(=O)O)N1CCN(F)CC1Cc1ccccc1. The van der Waals surface area contributed by atoms with E-state index in [0.717, 1.165) is 10.7 Å². The molecule has 1 fully saturated rings. The molecule has 1 heterocycles. The Hall–Kier alpha value is -1.50. The Morgan fingerprint density at radius 2 is 2.10 bits per heavy atom. The van der Waals surface area contributed by atoms with Crippen molar-refractivity contribution in [2.45, 2.75) is 18.5 Å². The number of carboxylic acid groups (broad SMARTS) is 1. The predicted octanol–water partition coefficient (Wildman–Crippen LogP) is 0.512. The molecule has 0 amide bonds. The number of halogens is 1. The van der Waals surface area contributed by atoms with Crippen LogP contribution in [0.4, 0.5) is 4.48 Å². The number of aliphatic carboxylic acids is 1. The van der Waals surface area contributed by atoms with E-state index in [1.54, 1.807) is 0 Å². The fourth-order valence-electron chi connectivity index (χ4n) is 2.69. The lowest BCUT2D eigenvalue weighted by Gasteiger charge is -2.41. The van der Waals surface area contributed by atoms with Crippen molar-refractivity contribution < 1.29 is 14.4 Å². The second-order valence-electron chi connectivity index (χ2n) is 5.04. The minimum Gasteiger partial charge on any atom is -0.480 e. The van der Waals surface area contributed by atoms with Crippen molar-refractivity contribution in [3.63, 3.8) is 0 Å². The van der Waals surface area contributed by atoms with Crippen molar-refractivity contribution >= 4 is 5.97 Å². The Morgan fingerprint density at radius 1 is 1.40 bits per heavy atom. The molecule has 0 aliphatic carbocycles. The van der Waals surface area contributed by atoms with Crippen LogP contribution in [0.25, 0.3) is 0 Å². The van der Waals surface area contributed by atoms with Crippen LogP contribution in [0, 0.1) is 0 Å². The van der Waals surface area contributed by atoms with E-state index >= 15 is 0 Å². The molecular weight excluding hydrogens is 261 g/mol. The summed E-state index contributed by atoms with van der Waals surface area (Å²) in [5.74, 6) is -0.946. The summed E-state index contributed by atoms with van der Waals surface area (Å²) in [5.41, 5.74) is 6.63. The number of hydrogen-bond donors (Lipinski definition) is 2. The van der Waals surface area contributed by atoms with Crippen LogP contribution in [0.2, 0.25) is 0 Å². The second-order valence-corrected chi connectivity index (χ2v) is 5.04. The molecule has 0 radical (unpaired) electrons. The number of carbonyl (C=O) groups is 1. The summed E-state index contributed by atoms with van der Waals surface area (Å²) in [6.45, 7) is 0.836. The number of hydrogen-bond acceptors (Lipinski definition) is 4. The molecule has 2 atom stereocenters. The van der Waals surface area contributed by atoms with Gasteiger partial charge in [0.1, 0.15) is 6.04 Å². The highest BCUT2D eigenvalue weighted by atomic mass is 19.2. The monoisotopic (exact) mass is 281 g/mol. The average molecular weight is 281 g/mol. The zero-order chi connectivity index (χ0) is 14.5. The minimum absolute atomic E-state index is 0.0346. The summed E-state index contributed by atoms with van der Waals surface area (Å²) in [6.07, 6.45) is 0.616. The first-order valence-electron chi connectivity index (χ1n) is 6.75. The first kappa shape index (κ1) is 14.9. The van der Waals surface area contributed by atoms with Crippen LogP contribution in [-0.4, -0.2) is 59.4 Å². The highest BCUT2D eigenvalue weighted by Gasteiger charge is 2.35. The second kappa shape index (κ2) is 6.78. The van der Waals surface area contributed by atoms with E-state index in [4.69, 9.17) is 5.73 Å². The van der Waals surface area contributed by atoms with Gasteiger partial charge in [-0.1, -0.05) is 30.3 Å². The molecule has 20 heavy (non-hydrogen) atoms. The number of piperazine rings is 1. The lowest BCUT2D eigenvalue weighted by Crippen LogP contribution is -2.59. The largest absolute Gasteiger partial charge is 0.480 e. The van der Waals surface area contributed by atoms with E-state index < -0.39 is 12.0 Å². The van der Waals surface area contributed by atoms with Crippen molar-refractivity contribution in [1.82, 2.24) is 10.0 Å². The van der Waals surface area contributed by atoms with Crippen LogP contribution in [-0.2, 0) is 11.2 Å². The van der Waals surface area contributed by atoms with Gasteiger partial charge in [-0.15, -0.1) is 9.60 Å². The van der Waals surface area contributed by atoms with Crippen molar-refractivity contribution in [3.8, 4) is 0 Å². The van der Waals surface area contributed by atoms with Crippen LogP contribution in [0.5, 0.6) is 0 Å². The third-order valence-electron chi connectivity index (χ3n) is 3.70. The van der Waals surface area contributed by atoms with Gasteiger partial charge in [-0.2, -0.15) is 0 Å². The van der Waals surface area contributed by atoms with E-state index in [-0.39, 0.29) is 25.7 Å². The smallest absolute Gasteiger partial charge is 0.322 e. The maximum atomic E-state index is 13.5. The normalized spacial score (nSPS) is 22.6. The predicted molar refractivity (Wildman–Crippen MR) is 73.8 cm³/mol. The summed E-state index contributed by atoms with van der Waals surface area (Å²) in [7, 11) is 0. The molecule has 6 heteroatoms. The van der Waals surface area contributed by atoms with Crippen molar-refractivity contribution in [3.05, 3.63) is 35.9 Å². The van der Waals surface area contributed by atoms with Crippen molar-refractivity contribution in [2.75, 3.05) is 26.2 Å². The van der Waals surface area contributed by atoms with Gasteiger partial charge in [0.15, 0.2) is 0 Å². The molecule has 0 aromatic heterocycles. The van der Waals surface area contributed by atoms with E-state index in [1.165, 1.54) is 0 Å². The molecular formula is C14H20FN3O2. The molecule has 1 aromatic rings. The van der Waals surface area contributed by atoms with E-state index in [2.05, 4.69) is 0 Å². The molecule has 110 valence electrons. The van der Waals surface area contributed by atoms with Gasteiger partial charge >= 0.3 is 5.97 Å². The molecule has 1 aliphatic heterocycles. The Balaban J connectivity index is 2.14. The van der Waals surface area contributed by atoms with Gasteiger partial charge in [0.2, 0.25) is 0 Å². The fourth-order valence-corrected chi connectivity index (χ4v) is 2.69. The highest BCUT2D eigenvalue weighted by molar-refractivity contribution is 5.73. The van der Waals surface area contributed by atoms with Gasteiger partial charge in [0, 0.05) is 32.2 Å². The summed E-state index contributed by atoms with van der Waals surface area (Å²) < 4.78 is 13.5. The third kappa shape index (κ3) is 3.53. The van der Waals surface area contributed by atoms with Crippen molar-refractivity contribution in [2.24, 2.45) is 5.73 Å². The van der Waals surface area contributed by atoms with E-state index in [0.29, 0.717) is 13.0 Å². The molecule has 2 rings (SSSR count). The average Bonchev–Trinajstić information content (AvgIpc) is 2.43. The first-order chi connectivity index (χ1) is 9.61. The Bertz CT molecular complexity index is 443.